The largest absolute Gasteiger partial charge is 0.494 e. The van der Waals surface area contributed by atoms with Crippen LogP contribution in [0.3, 0.4) is 0 Å². The quantitative estimate of drug-likeness (QED) is 0.462. The van der Waals surface area contributed by atoms with Gasteiger partial charge in [-0.2, -0.15) is 0 Å². The van der Waals surface area contributed by atoms with Crippen LogP contribution in [0.4, 0.5) is 0 Å². The first-order valence-electron chi connectivity index (χ1n) is 13.4. The minimum Gasteiger partial charge on any atom is -0.494 e. The molecule has 1 atom stereocenters. The van der Waals surface area contributed by atoms with Crippen molar-refractivity contribution in [3.63, 3.8) is 0 Å². The van der Waals surface area contributed by atoms with Gasteiger partial charge in [-0.1, -0.05) is 51.2 Å². The Hall–Kier alpha value is -3.22. The van der Waals surface area contributed by atoms with E-state index in [2.05, 4.69) is 12.2 Å². The molecule has 1 saturated carbocycles. The zero-order chi connectivity index (χ0) is 25.1. The zero-order valence-electron chi connectivity index (χ0n) is 21.4. The third-order valence-corrected chi connectivity index (χ3v) is 7.72. The van der Waals surface area contributed by atoms with Crippen LogP contribution >= 0.6 is 0 Å². The monoisotopic (exact) mass is 491 g/mol. The van der Waals surface area contributed by atoms with Crippen LogP contribution in [0.5, 0.6) is 5.75 Å². The molecule has 192 valence electrons. The molecular formula is C29H37N3O4. The van der Waals surface area contributed by atoms with Gasteiger partial charge >= 0.3 is 0 Å². The van der Waals surface area contributed by atoms with Crippen LogP contribution in [0.2, 0.25) is 0 Å². The maximum Gasteiger partial charge on any atom is 0.271 e. The number of carbonyl (C=O) groups excluding carboxylic acids is 2. The van der Waals surface area contributed by atoms with Crippen molar-refractivity contribution in [1.29, 1.82) is 0 Å². The number of rotatable bonds is 7. The summed E-state index contributed by atoms with van der Waals surface area (Å²) in [6.07, 6.45) is 10.5. The van der Waals surface area contributed by atoms with Crippen molar-refractivity contribution in [1.82, 2.24) is 14.8 Å². The molecule has 2 aromatic heterocycles. The Morgan fingerprint density at radius 3 is 2.56 bits per heavy atom. The normalized spacial score (nSPS) is 21.2. The minimum atomic E-state index is -1.03. The fourth-order valence-corrected chi connectivity index (χ4v) is 5.56. The average molecular weight is 492 g/mol. The maximum absolute atomic E-state index is 13.9. The highest BCUT2D eigenvalue weighted by molar-refractivity contribution is 6.02. The van der Waals surface area contributed by atoms with Crippen LogP contribution in [0.25, 0.3) is 11.1 Å². The van der Waals surface area contributed by atoms with Crippen LogP contribution in [0.15, 0.2) is 47.1 Å². The molecule has 1 aliphatic heterocycles. The van der Waals surface area contributed by atoms with Gasteiger partial charge in [-0.05, 0) is 43.9 Å². The van der Waals surface area contributed by atoms with Gasteiger partial charge in [-0.3, -0.25) is 9.59 Å². The number of furan rings is 1. The molecule has 1 aliphatic carbocycles. The summed E-state index contributed by atoms with van der Waals surface area (Å²) >= 11 is 0. The Bertz CT molecular complexity index is 1200. The first-order chi connectivity index (χ1) is 17.5. The fourth-order valence-electron chi connectivity index (χ4n) is 5.56. The van der Waals surface area contributed by atoms with E-state index in [4.69, 9.17) is 9.15 Å². The van der Waals surface area contributed by atoms with E-state index in [1.807, 2.05) is 41.8 Å². The topological polar surface area (TPSA) is 76.7 Å². The lowest BCUT2D eigenvalue weighted by atomic mass is 9.91. The summed E-state index contributed by atoms with van der Waals surface area (Å²) in [5.41, 5.74) is 2.00. The number of fused-ring (bicyclic) bond motifs is 3. The van der Waals surface area contributed by atoms with Gasteiger partial charge in [0.05, 0.1) is 24.9 Å². The van der Waals surface area contributed by atoms with Crippen LogP contribution in [0.1, 0.15) is 81.3 Å². The first-order valence-corrected chi connectivity index (χ1v) is 13.4. The van der Waals surface area contributed by atoms with Crippen molar-refractivity contribution in [3.8, 4) is 5.75 Å². The molecule has 0 spiro atoms. The van der Waals surface area contributed by atoms with Gasteiger partial charge in [0.1, 0.15) is 17.0 Å². The Labute approximate surface area is 212 Å². The Morgan fingerprint density at radius 2 is 1.83 bits per heavy atom. The average Bonchev–Trinajstić information content (AvgIpc) is 3.45. The SMILES string of the molecule is CCCOc1ccc(CN2C(=O)c3cc4occc4n3C[C@@]2(C)C(=O)NC2CCCCCCC2)cc1. The number of aromatic nitrogens is 1. The van der Waals surface area contributed by atoms with Crippen molar-refractivity contribution < 1.29 is 18.7 Å². The molecule has 3 heterocycles. The second-order valence-electron chi connectivity index (χ2n) is 10.5. The minimum absolute atomic E-state index is 0.0830. The second kappa shape index (κ2) is 10.4. The van der Waals surface area contributed by atoms with E-state index < -0.39 is 5.54 Å². The summed E-state index contributed by atoms with van der Waals surface area (Å²) in [6.45, 7) is 5.37. The molecule has 0 bridgehead atoms. The molecule has 2 amide bonds. The zero-order valence-corrected chi connectivity index (χ0v) is 21.4. The summed E-state index contributed by atoms with van der Waals surface area (Å²) < 4.78 is 13.2. The first kappa shape index (κ1) is 24.5. The summed E-state index contributed by atoms with van der Waals surface area (Å²) in [5, 5.41) is 3.34. The molecular weight excluding hydrogens is 454 g/mol. The lowest BCUT2D eigenvalue weighted by Gasteiger charge is -2.44. The van der Waals surface area contributed by atoms with E-state index in [-0.39, 0.29) is 17.9 Å². The number of carbonyl (C=O) groups is 2. The third kappa shape index (κ3) is 4.75. The van der Waals surface area contributed by atoms with Crippen LogP contribution < -0.4 is 10.1 Å². The fraction of sp³-hybridized carbons (Fsp3) is 0.517. The van der Waals surface area contributed by atoms with E-state index in [9.17, 15) is 9.59 Å². The van der Waals surface area contributed by atoms with E-state index in [0.717, 1.165) is 48.9 Å². The summed E-state index contributed by atoms with van der Waals surface area (Å²) in [7, 11) is 0. The predicted molar refractivity (Wildman–Crippen MR) is 139 cm³/mol. The summed E-state index contributed by atoms with van der Waals surface area (Å²) in [6, 6.07) is 11.6. The van der Waals surface area contributed by atoms with Crippen molar-refractivity contribution in [2.45, 2.75) is 89.9 Å². The molecule has 0 radical (unpaired) electrons. The number of hydrogen-bond donors (Lipinski definition) is 1. The van der Waals surface area contributed by atoms with Gasteiger partial charge in [0, 0.05) is 24.7 Å². The van der Waals surface area contributed by atoms with E-state index >= 15 is 0 Å². The van der Waals surface area contributed by atoms with Gasteiger partial charge in [0.2, 0.25) is 5.91 Å². The van der Waals surface area contributed by atoms with Crippen molar-refractivity contribution >= 4 is 22.9 Å². The molecule has 1 fully saturated rings. The number of ether oxygens (including phenoxy) is 1. The van der Waals surface area contributed by atoms with Crippen molar-refractivity contribution in [3.05, 3.63) is 53.9 Å². The molecule has 0 unspecified atom stereocenters. The summed E-state index contributed by atoms with van der Waals surface area (Å²) in [5.74, 6) is 0.569. The van der Waals surface area contributed by atoms with Crippen LogP contribution in [-0.2, 0) is 17.9 Å². The van der Waals surface area contributed by atoms with Gasteiger partial charge in [-0.25, -0.2) is 0 Å². The number of nitrogens with one attached hydrogen (secondary N) is 1. The highest BCUT2D eigenvalue weighted by Crippen LogP contribution is 2.34. The van der Waals surface area contributed by atoms with Gasteiger partial charge in [-0.15, -0.1) is 0 Å². The smallest absolute Gasteiger partial charge is 0.271 e. The van der Waals surface area contributed by atoms with Crippen LogP contribution in [0, 0.1) is 0 Å². The third-order valence-electron chi connectivity index (χ3n) is 7.72. The van der Waals surface area contributed by atoms with Crippen molar-refractivity contribution in [2.75, 3.05) is 6.61 Å². The number of nitrogens with zero attached hydrogens (tertiary/aromatic N) is 2. The second-order valence-corrected chi connectivity index (χ2v) is 10.5. The molecule has 5 rings (SSSR count). The van der Waals surface area contributed by atoms with Gasteiger partial charge in [0.25, 0.3) is 5.91 Å². The molecule has 1 aromatic carbocycles. The molecule has 1 N–H and O–H groups in total. The predicted octanol–water partition coefficient (Wildman–Crippen LogP) is 5.67. The van der Waals surface area contributed by atoms with E-state index in [1.165, 1.54) is 19.3 Å². The lowest BCUT2D eigenvalue weighted by Crippen LogP contribution is -2.64. The molecule has 2 aliphatic rings. The Morgan fingerprint density at radius 1 is 1.11 bits per heavy atom. The summed E-state index contributed by atoms with van der Waals surface area (Å²) in [4.78, 5) is 29.6. The number of benzene rings is 1. The van der Waals surface area contributed by atoms with E-state index in [0.29, 0.717) is 31.0 Å². The van der Waals surface area contributed by atoms with Crippen molar-refractivity contribution in [2.24, 2.45) is 0 Å². The number of hydrogen-bond acceptors (Lipinski definition) is 4. The van der Waals surface area contributed by atoms with Gasteiger partial charge in [0.15, 0.2) is 5.58 Å². The molecule has 7 heteroatoms. The highest BCUT2D eigenvalue weighted by atomic mass is 16.5. The van der Waals surface area contributed by atoms with E-state index in [1.54, 1.807) is 17.2 Å². The molecule has 36 heavy (non-hydrogen) atoms. The lowest BCUT2D eigenvalue weighted by molar-refractivity contribution is -0.134. The molecule has 7 nitrogen and oxygen atoms in total. The Kier molecular flexibility index (Phi) is 7.08. The standard InChI is InChI=1S/C29H37N3O4/c1-3-16-35-23-13-11-21(12-14-23)19-32-27(33)25-18-26-24(15-17-36-26)31(25)20-29(32,2)28(34)30-22-9-7-5-4-6-8-10-22/h11-15,17-18,22H,3-10,16,19-20H2,1-2H3,(H,30,34)/t29-/m0/s1. The van der Waals surface area contributed by atoms with Crippen LogP contribution in [-0.4, -0.2) is 39.5 Å². The number of amides is 2. The Balaban J connectivity index is 1.44. The maximum atomic E-state index is 13.9. The highest BCUT2D eigenvalue weighted by Gasteiger charge is 2.48. The van der Waals surface area contributed by atoms with Gasteiger partial charge < -0.3 is 23.9 Å². The molecule has 3 aromatic rings. The molecule has 0 saturated heterocycles.